The number of carbonyl (C=O) groups is 2. The van der Waals surface area contributed by atoms with Crippen molar-refractivity contribution in [3.8, 4) is 0 Å². The van der Waals surface area contributed by atoms with E-state index in [1.54, 1.807) is 6.92 Å². The van der Waals surface area contributed by atoms with Gasteiger partial charge in [0, 0.05) is 6.42 Å². The van der Waals surface area contributed by atoms with Crippen LogP contribution in [0, 0.1) is 0 Å². The Bertz CT molecular complexity index is 380. The fourth-order valence-electron chi connectivity index (χ4n) is 2.84. The molecule has 152 valence electrons. The van der Waals surface area contributed by atoms with Crippen LogP contribution in [0.1, 0.15) is 104 Å². The molecular formula is C22H41NO3. The second-order valence-corrected chi connectivity index (χ2v) is 7.31. The molecule has 1 atom stereocenters. The Kier molecular flexibility index (Phi) is 17.8. The molecule has 0 saturated carbocycles. The van der Waals surface area contributed by atoms with Gasteiger partial charge in [-0.2, -0.15) is 0 Å². The number of carboxylic acid groups (broad SMARTS) is 1. The van der Waals surface area contributed by atoms with Gasteiger partial charge in [-0.1, -0.05) is 70.4 Å². The predicted molar refractivity (Wildman–Crippen MR) is 110 cm³/mol. The van der Waals surface area contributed by atoms with Gasteiger partial charge in [-0.3, -0.25) is 14.9 Å². The maximum Gasteiger partial charge on any atom is 0.320 e. The first kappa shape index (κ1) is 24.8. The average molecular weight is 368 g/mol. The SMILES string of the molecule is CCCCCCCC/C=C\CCCCCCCC(=O)CNC(C)C(=O)O. The summed E-state index contributed by atoms with van der Waals surface area (Å²) in [6.45, 7) is 3.97. The van der Waals surface area contributed by atoms with Crippen molar-refractivity contribution in [1.29, 1.82) is 0 Å². The zero-order valence-corrected chi connectivity index (χ0v) is 17.1. The lowest BCUT2D eigenvalue weighted by Gasteiger charge is -2.07. The smallest absolute Gasteiger partial charge is 0.320 e. The summed E-state index contributed by atoms with van der Waals surface area (Å²) in [5.41, 5.74) is 0. The molecule has 0 heterocycles. The monoisotopic (exact) mass is 367 g/mol. The third-order valence-electron chi connectivity index (χ3n) is 4.69. The lowest BCUT2D eigenvalue weighted by molar-refractivity contribution is -0.139. The van der Waals surface area contributed by atoms with Gasteiger partial charge in [0.25, 0.3) is 0 Å². The van der Waals surface area contributed by atoms with Crippen LogP contribution in [0.2, 0.25) is 0 Å². The molecule has 0 saturated heterocycles. The minimum atomic E-state index is -0.918. The molecule has 4 heteroatoms. The van der Waals surface area contributed by atoms with Crippen LogP contribution in [0.5, 0.6) is 0 Å². The lowest BCUT2D eigenvalue weighted by atomic mass is 10.1. The number of carbonyl (C=O) groups excluding carboxylic acids is 1. The number of nitrogens with one attached hydrogen (secondary N) is 1. The molecule has 0 fully saturated rings. The molecule has 0 aromatic rings. The van der Waals surface area contributed by atoms with Gasteiger partial charge in [0.15, 0.2) is 0 Å². The Morgan fingerprint density at radius 2 is 1.35 bits per heavy atom. The number of unbranched alkanes of at least 4 members (excludes halogenated alkanes) is 11. The largest absolute Gasteiger partial charge is 0.480 e. The van der Waals surface area contributed by atoms with Gasteiger partial charge in [0.1, 0.15) is 11.8 Å². The van der Waals surface area contributed by atoms with E-state index in [9.17, 15) is 9.59 Å². The molecular weight excluding hydrogens is 326 g/mol. The summed E-state index contributed by atoms with van der Waals surface area (Å²) in [5, 5.41) is 11.5. The number of rotatable bonds is 19. The molecule has 26 heavy (non-hydrogen) atoms. The fraction of sp³-hybridized carbons (Fsp3) is 0.818. The second-order valence-electron chi connectivity index (χ2n) is 7.31. The normalized spacial score (nSPS) is 12.5. The Labute approximate surface area is 160 Å². The van der Waals surface area contributed by atoms with Crippen LogP contribution in [-0.2, 0) is 9.59 Å². The zero-order valence-electron chi connectivity index (χ0n) is 17.1. The van der Waals surface area contributed by atoms with Crippen LogP contribution in [0.3, 0.4) is 0 Å². The Hall–Kier alpha value is -1.16. The highest BCUT2D eigenvalue weighted by Crippen LogP contribution is 2.10. The van der Waals surface area contributed by atoms with E-state index in [1.807, 2.05) is 0 Å². The number of hydrogen-bond donors (Lipinski definition) is 2. The summed E-state index contributed by atoms with van der Waals surface area (Å²) in [5.74, 6) is -0.811. The lowest BCUT2D eigenvalue weighted by Crippen LogP contribution is -2.37. The Balaban J connectivity index is 3.29. The topological polar surface area (TPSA) is 66.4 Å². The summed E-state index contributed by atoms with van der Waals surface area (Å²) < 4.78 is 0. The van der Waals surface area contributed by atoms with Gasteiger partial charge in [-0.15, -0.1) is 0 Å². The van der Waals surface area contributed by atoms with Crippen LogP contribution >= 0.6 is 0 Å². The molecule has 1 unspecified atom stereocenters. The quantitative estimate of drug-likeness (QED) is 0.228. The summed E-state index contributed by atoms with van der Waals surface area (Å²) >= 11 is 0. The number of hydrogen-bond acceptors (Lipinski definition) is 3. The van der Waals surface area contributed by atoms with E-state index in [0.717, 1.165) is 12.8 Å². The van der Waals surface area contributed by atoms with Crippen molar-refractivity contribution in [2.24, 2.45) is 0 Å². The maximum absolute atomic E-state index is 11.6. The Morgan fingerprint density at radius 1 is 0.846 bits per heavy atom. The maximum atomic E-state index is 11.6. The zero-order chi connectivity index (χ0) is 19.5. The van der Waals surface area contributed by atoms with E-state index >= 15 is 0 Å². The van der Waals surface area contributed by atoms with Crippen LogP contribution in [0.15, 0.2) is 12.2 Å². The summed E-state index contributed by atoms with van der Waals surface area (Å²) in [4.78, 5) is 22.3. The van der Waals surface area contributed by atoms with E-state index in [-0.39, 0.29) is 12.3 Å². The summed E-state index contributed by atoms with van der Waals surface area (Å²) in [7, 11) is 0. The molecule has 0 rings (SSSR count). The molecule has 0 aromatic heterocycles. The van der Waals surface area contributed by atoms with Crippen molar-refractivity contribution in [2.75, 3.05) is 6.54 Å². The van der Waals surface area contributed by atoms with E-state index in [4.69, 9.17) is 5.11 Å². The number of ketones is 1. The number of allylic oxidation sites excluding steroid dienone is 2. The molecule has 0 aliphatic heterocycles. The molecule has 0 bridgehead atoms. The van der Waals surface area contributed by atoms with E-state index < -0.39 is 12.0 Å². The van der Waals surface area contributed by atoms with Crippen molar-refractivity contribution in [3.63, 3.8) is 0 Å². The van der Waals surface area contributed by atoms with Crippen LogP contribution in [0.4, 0.5) is 0 Å². The predicted octanol–water partition coefficient (Wildman–Crippen LogP) is 5.66. The first-order chi connectivity index (χ1) is 12.6. The van der Waals surface area contributed by atoms with Gasteiger partial charge in [0.2, 0.25) is 0 Å². The van der Waals surface area contributed by atoms with E-state index in [2.05, 4.69) is 24.4 Å². The highest BCUT2D eigenvalue weighted by Gasteiger charge is 2.11. The van der Waals surface area contributed by atoms with Gasteiger partial charge in [0.05, 0.1) is 6.54 Å². The number of Topliss-reactive ketones (excluding diaryl/α,β-unsaturated/α-hetero) is 1. The fourth-order valence-corrected chi connectivity index (χ4v) is 2.84. The van der Waals surface area contributed by atoms with Gasteiger partial charge in [-0.25, -0.2) is 0 Å². The third kappa shape index (κ3) is 17.7. The van der Waals surface area contributed by atoms with Crippen molar-refractivity contribution in [1.82, 2.24) is 5.32 Å². The molecule has 0 spiro atoms. The van der Waals surface area contributed by atoms with Gasteiger partial charge in [-0.05, 0) is 39.0 Å². The molecule has 0 amide bonds. The van der Waals surface area contributed by atoms with Gasteiger partial charge < -0.3 is 5.11 Å². The first-order valence-corrected chi connectivity index (χ1v) is 10.7. The molecule has 0 radical (unpaired) electrons. The van der Waals surface area contributed by atoms with Crippen LogP contribution < -0.4 is 5.32 Å². The second kappa shape index (κ2) is 18.6. The summed E-state index contributed by atoms with van der Waals surface area (Å²) in [6.07, 6.45) is 21.4. The van der Waals surface area contributed by atoms with Crippen molar-refractivity contribution in [3.05, 3.63) is 12.2 Å². The standard InChI is InChI=1S/C22H41NO3/c1-3-4-5-6-7-8-9-10-11-12-13-14-15-16-17-18-21(24)19-23-20(2)22(25)26/h10-11,20,23H,3-9,12-19H2,1-2H3,(H,25,26)/b11-10-. The first-order valence-electron chi connectivity index (χ1n) is 10.7. The van der Waals surface area contributed by atoms with E-state index in [1.165, 1.54) is 70.6 Å². The van der Waals surface area contributed by atoms with E-state index in [0.29, 0.717) is 6.42 Å². The van der Waals surface area contributed by atoms with Crippen molar-refractivity contribution < 1.29 is 14.7 Å². The molecule has 2 N–H and O–H groups in total. The summed E-state index contributed by atoms with van der Waals surface area (Å²) in [6, 6.07) is -0.659. The number of carboxylic acids is 1. The van der Waals surface area contributed by atoms with Gasteiger partial charge >= 0.3 is 5.97 Å². The minimum absolute atomic E-state index is 0.107. The molecule has 0 aliphatic carbocycles. The molecule has 0 aliphatic rings. The van der Waals surface area contributed by atoms with Crippen LogP contribution in [0.25, 0.3) is 0 Å². The third-order valence-corrected chi connectivity index (χ3v) is 4.69. The average Bonchev–Trinajstić information content (AvgIpc) is 2.62. The Morgan fingerprint density at radius 3 is 1.88 bits per heavy atom. The molecule has 4 nitrogen and oxygen atoms in total. The van der Waals surface area contributed by atoms with Crippen molar-refractivity contribution >= 4 is 11.8 Å². The highest BCUT2D eigenvalue weighted by molar-refractivity contribution is 5.81. The number of aliphatic carboxylic acids is 1. The highest BCUT2D eigenvalue weighted by atomic mass is 16.4. The molecule has 0 aromatic carbocycles. The van der Waals surface area contributed by atoms with Crippen molar-refractivity contribution in [2.45, 2.75) is 110 Å². The minimum Gasteiger partial charge on any atom is -0.480 e. The van der Waals surface area contributed by atoms with Crippen LogP contribution in [-0.4, -0.2) is 29.4 Å².